The predicted molar refractivity (Wildman–Crippen MR) is 86.2 cm³/mol. The van der Waals surface area contributed by atoms with Crippen molar-refractivity contribution in [2.24, 2.45) is 0 Å². The third kappa shape index (κ3) is 3.41. The molecule has 1 heterocycles. The minimum Gasteiger partial charge on any atom is -0.467 e. The number of halogens is 1. The minimum atomic E-state index is -0.420. The van der Waals surface area contributed by atoms with Gasteiger partial charge in [-0.3, -0.25) is 9.59 Å². The summed E-state index contributed by atoms with van der Waals surface area (Å²) in [6.07, 6.45) is 1.52. The van der Waals surface area contributed by atoms with Gasteiger partial charge in [-0.1, -0.05) is 18.2 Å². The number of ketones is 1. The molecule has 0 spiro atoms. The Kier molecular flexibility index (Phi) is 4.52. The van der Waals surface area contributed by atoms with Crippen LogP contribution in [-0.2, 0) is 6.54 Å². The van der Waals surface area contributed by atoms with Gasteiger partial charge < -0.3 is 9.73 Å². The SMILES string of the molecule is O=C(NCc1ccco1)c1ccccc1C(=O)c1ccc(F)cc1. The molecule has 0 bridgehead atoms. The van der Waals surface area contributed by atoms with Crippen molar-refractivity contribution in [3.8, 4) is 0 Å². The molecule has 120 valence electrons. The third-order valence-corrected chi connectivity index (χ3v) is 3.53. The second-order valence-electron chi connectivity index (χ2n) is 5.14. The highest BCUT2D eigenvalue weighted by Gasteiger charge is 2.18. The molecule has 0 radical (unpaired) electrons. The van der Waals surface area contributed by atoms with Crippen LogP contribution in [0.4, 0.5) is 4.39 Å². The van der Waals surface area contributed by atoms with Gasteiger partial charge in [0, 0.05) is 11.1 Å². The molecule has 3 rings (SSSR count). The van der Waals surface area contributed by atoms with Crippen molar-refractivity contribution in [1.82, 2.24) is 5.32 Å². The van der Waals surface area contributed by atoms with Crippen molar-refractivity contribution in [1.29, 1.82) is 0 Å². The van der Waals surface area contributed by atoms with Gasteiger partial charge in [-0.05, 0) is 42.5 Å². The maximum absolute atomic E-state index is 13.0. The number of hydrogen-bond donors (Lipinski definition) is 1. The molecule has 0 unspecified atom stereocenters. The van der Waals surface area contributed by atoms with E-state index in [1.165, 1.54) is 30.5 Å². The van der Waals surface area contributed by atoms with E-state index in [4.69, 9.17) is 4.42 Å². The molecule has 0 aliphatic carbocycles. The fraction of sp³-hybridized carbons (Fsp3) is 0.0526. The Balaban J connectivity index is 1.83. The van der Waals surface area contributed by atoms with Crippen LogP contribution < -0.4 is 5.32 Å². The van der Waals surface area contributed by atoms with Crippen LogP contribution >= 0.6 is 0 Å². The maximum atomic E-state index is 13.0. The molecule has 24 heavy (non-hydrogen) atoms. The first kappa shape index (κ1) is 15.7. The smallest absolute Gasteiger partial charge is 0.252 e. The minimum absolute atomic E-state index is 0.227. The van der Waals surface area contributed by atoms with Crippen LogP contribution in [0.15, 0.2) is 71.3 Å². The van der Waals surface area contributed by atoms with Gasteiger partial charge in [0.1, 0.15) is 11.6 Å². The summed E-state index contributed by atoms with van der Waals surface area (Å²) in [7, 11) is 0. The number of furan rings is 1. The normalized spacial score (nSPS) is 10.4. The summed E-state index contributed by atoms with van der Waals surface area (Å²) in [5.41, 5.74) is 0.849. The lowest BCUT2D eigenvalue weighted by atomic mass is 9.98. The Bertz CT molecular complexity index is 855. The summed E-state index contributed by atoms with van der Waals surface area (Å²) in [5.74, 6) is -0.516. The van der Waals surface area contributed by atoms with Gasteiger partial charge >= 0.3 is 0 Å². The Morgan fingerprint density at radius 1 is 0.917 bits per heavy atom. The first-order valence-corrected chi connectivity index (χ1v) is 7.35. The van der Waals surface area contributed by atoms with E-state index in [9.17, 15) is 14.0 Å². The van der Waals surface area contributed by atoms with Crippen LogP contribution in [-0.4, -0.2) is 11.7 Å². The van der Waals surface area contributed by atoms with Gasteiger partial charge in [-0.15, -0.1) is 0 Å². The summed E-state index contributed by atoms with van der Waals surface area (Å²) in [4.78, 5) is 25.0. The molecule has 5 heteroatoms. The zero-order valence-electron chi connectivity index (χ0n) is 12.7. The quantitative estimate of drug-likeness (QED) is 0.730. The monoisotopic (exact) mass is 323 g/mol. The first-order chi connectivity index (χ1) is 11.6. The molecule has 3 aromatic rings. The molecule has 0 aliphatic heterocycles. The number of hydrogen-bond acceptors (Lipinski definition) is 3. The molecule has 1 N–H and O–H groups in total. The summed E-state index contributed by atoms with van der Waals surface area (Å²) < 4.78 is 18.2. The molecule has 1 aromatic heterocycles. The van der Waals surface area contributed by atoms with Crippen LogP contribution in [0.2, 0.25) is 0 Å². The zero-order valence-corrected chi connectivity index (χ0v) is 12.7. The summed E-state index contributed by atoms with van der Waals surface area (Å²) >= 11 is 0. The summed E-state index contributed by atoms with van der Waals surface area (Å²) in [6.45, 7) is 0.227. The predicted octanol–water partition coefficient (Wildman–Crippen LogP) is 3.58. The second-order valence-corrected chi connectivity index (χ2v) is 5.14. The van der Waals surface area contributed by atoms with Gasteiger partial charge in [0.25, 0.3) is 5.91 Å². The average Bonchev–Trinajstić information content (AvgIpc) is 3.13. The van der Waals surface area contributed by atoms with E-state index in [0.717, 1.165) is 0 Å². The Morgan fingerprint density at radius 3 is 2.29 bits per heavy atom. The van der Waals surface area contributed by atoms with E-state index < -0.39 is 5.82 Å². The molecular weight excluding hydrogens is 309 g/mol. The van der Waals surface area contributed by atoms with Crippen molar-refractivity contribution in [3.05, 3.63) is 95.2 Å². The summed E-state index contributed by atoms with van der Waals surface area (Å²) in [5, 5.41) is 2.71. The Hall–Kier alpha value is -3.21. The Morgan fingerprint density at radius 2 is 1.62 bits per heavy atom. The molecule has 1 amide bonds. The van der Waals surface area contributed by atoms with Crippen LogP contribution in [0.1, 0.15) is 32.0 Å². The van der Waals surface area contributed by atoms with Gasteiger partial charge in [0.2, 0.25) is 0 Å². The second kappa shape index (κ2) is 6.91. The molecule has 2 aromatic carbocycles. The summed E-state index contributed by atoms with van der Waals surface area (Å²) in [6, 6.07) is 15.2. The van der Waals surface area contributed by atoms with Gasteiger partial charge in [0.05, 0.1) is 18.4 Å². The topological polar surface area (TPSA) is 59.3 Å². The average molecular weight is 323 g/mol. The standard InChI is InChI=1S/C19H14FNO3/c20-14-9-7-13(8-10-14)18(22)16-5-1-2-6-17(16)19(23)21-12-15-4-3-11-24-15/h1-11H,12H2,(H,21,23). The first-order valence-electron chi connectivity index (χ1n) is 7.35. The molecule has 0 fully saturated rings. The number of rotatable bonds is 5. The molecule has 4 nitrogen and oxygen atoms in total. The van der Waals surface area contributed by atoms with E-state index in [1.807, 2.05) is 0 Å². The van der Waals surface area contributed by atoms with Gasteiger partial charge in [0.15, 0.2) is 5.78 Å². The molecular formula is C19H14FNO3. The molecule has 0 saturated heterocycles. The van der Waals surface area contributed by atoms with E-state index in [-0.39, 0.29) is 29.4 Å². The largest absolute Gasteiger partial charge is 0.467 e. The van der Waals surface area contributed by atoms with Crippen molar-refractivity contribution in [2.75, 3.05) is 0 Å². The van der Waals surface area contributed by atoms with E-state index in [1.54, 1.807) is 36.4 Å². The number of nitrogens with one attached hydrogen (secondary N) is 1. The van der Waals surface area contributed by atoms with E-state index in [2.05, 4.69) is 5.32 Å². The fourth-order valence-corrected chi connectivity index (χ4v) is 2.31. The maximum Gasteiger partial charge on any atom is 0.252 e. The highest BCUT2D eigenvalue weighted by Crippen LogP contribution is 2.15. The van der Waals surface area contributed by atoms with Gasteiger partial charge in [-0.25, -0.2) is 4.39 Å². The number of carbonyl (C=O) groups excluding carboxylic acids is 2. The highest BCUT2D eigenvalue weighted by molar-refractivity contribution is 6.15. The lowest BCUT2D eigenvalue weighted by molar-refractivity contribution is 0.0937. The van der Waals surface area contributed by atoms with E-state index in [0.29, 0.717) is 11.3 Å². The molecule has 0 saturated carbocycles. The van der Waals surface area contributed by atoms with Crippen molar-refractivity contribution >= 4 is 11.7 Å². The third-order valence-electron chi connectivity index (χ3n) is 3.53. The van der Waals surface area contributed by atoms with Crippen LogP contribution in [0.25, 0.3) is 0 Å². The van der Waals surface area contributed by atoms with Gasteiger partial charge in [-0.2, -0.15) is 0 Å². The number of carbonyl (C=O) groups is 2. The number of amides is 1. The lowest BCUT2D eigenvalue weighted by Gasteiger charge is -2.09. The lowest BCUT2D eigenvalue weighted by Crippen LogP contribution is -2.24. The molecule has 0 aliphatic rings. The highest BCUT2D eigenvalue weighted by atomic mass is 19.1. The van der Waals surface area contributed by atoms with E-state index >= 15 is 0 Å². The van der Waals surface area contributed by atoms with Crippen LogP contribution in [0, 0.1) is 5.82 Å². The van der Waals surface area contributed by atoms with Crippen molar-refractivity contribution < 1.29 is 18.4 Å². The van der Waals surface area contributed by atoms with Crippen molar-refractivity contribution in [2.45, 2.75) is 6.54 Å². The van der Waals surface area contributed by atoms with Crippen LogP contribution in [0.5, 0.6) is 0 Å². The zero-order chi connectivity index (χ0) is 16.9. The van der Waals surface area contributed by atoms with Crippen molar-refractivity contribution in [3.63, 3.8) is 0 Å². The number of benzene rings is 2. The fourth-order valence-electron chi connectivity index (χ4n) is 2.31. The molecule has 0 atom stereocenters. The Labute approximate surface area is 137 Å². The van der Waals surface area contributed by atoms with Crippen LogP contribution in [0.3, 0.4) is 0 Å².